The van der Waals surface area contributed by atoms with Crippen molar-refractivity contribution in [3.05, 3.63) is 58.3 Å². The molecule has 0 aliphatic carbocycles. The van der Waals surface area contributed by atoms with Crippen LogP contribution in [0.5, 0.6) is 0 Å². The molecule has 1 aliphatic heterocycles. The van der Waals surface area contributed by atoms with Crippen LogP contribution in [0.4, 0.5) is 0 Å². The monoisotopic (exact) mass is 446 g/mol. The van der Waals surface area contributed by atoms with Crippen LogP contribution in [0.3, 0.4) is 0 Å². The largest absolute Gasteiger partial charge is 0.381 e. The fraction of sp³-hybridized carbons (Fsp3) is 0.500. The van der Waals surface area contributed by atoms with E-state index >= 15 is 0 Å². The molecule has 1 N–H and O–H groups in total. The predicted molar refractivity (Wildman–Crippen MR) is 119 cm³/mol. The van der Waals surface area contributed by atoms with Gasteiger partial charge < -0.3 is 19.5 Å². The van der Waals surface area contributed by atoms with Crippen LogP contribution in [0.1, 0.15) is 31.0 Å². The molecule has 0 spiro atoms. The van der Waals surface area contributed by atoms with Gasteiger partial charge in [0.05, 0.1) is 13.1 Å². The topological polar surface area (TPSA) is 41.8 Å². The Balaban J connectivity index is 1.80. The molecule has 2 aromatic rings. The van der Waals surface area contributed by atoms with Crippen molar-refractivity contribution in [3.8, 4) is 0 Å². The lowest BCUT2D eigenvalue weighted by molar-refractivity contribution is 0.0530. The first-order valence-electron chi connectivity index (χ1n) is 9.97. The first-order chi connectivity index (χ1) is 13.5. The summed E-state index contributed by atoms with van der Waals surface area (Å²) in [4.78, 5) is 7.27. The minimum atomic E-state index is 0.0506. The molecule has 0 saturated carbocycles. The zero-order valence-electron chi connectivity index (χ0n) is 17.1. The number of aliphatic imine (C=N–C) groups is 1. The van der Waals surface area contributed by atoms with E-state index in [9.17, 15) is 0 Å². The van der Waals surface area contributed by atoms with Crippen LogP contribution in [-0.2, 0) is 23.7 Å². The molecule has 1 fully saturated rings. The van der Waals surface area contributed by atoms with Gasteiger partial charge in [0, 0.05) is 55.6 Å². The normalized spacial score (nSPS) is 16.8. The van der Waals surface area contributed by atoms with E-state index in [1.807, 2.05) is 0 Å². The number of halogens is 1. The third-order valence-electron chi connectivity index (χ3n) is 5.54. The Morgan fingerprint density at radius 2 is 2.00 bits per heavy atom. The van der Waals surface area contributed by atoms with E-state index in [2.05, 4.69) is 94.3 Å². The van der Waals surface area contributed by atoms with E-state index in [1.165, 1.54) is 11.3 Å². The molecule has 152 valence electrons. The SMILES string of the molecule is CCNC(=NCC1(c2ccccc2)CCOCC1)N(C)Cc1cc(Br)cn1C. The van der Waals surface area contributed by atoms with Crippen molar-refractivity contribution in [1.82, 2.24) is 14.8 Å². The maximum atomic E-state index is 5.66. The second kappa shape index (κ2) is 9.61. The summed E-state index contributed by atoms with van der Waals surface area (Å²) in [5, 5.41) is 3.46. The van der Waals surface area contributed by atoms with Gasteiger partial charge in [-0.2, -0.15) is 0 Å². The van der Waals surface area contributed by atoms with Crippen LogP contribution in [0.2, 0.25) is 0 Å². The van der Waals surface area contributed by atoms with Gasteiger partial charge in [0.2, 0.25) is 0 Å². The molecule has 5 nitrogen and oxygen atoms in total. The highest BCUT2D eigenvalue weighted by atomic mass is 79.9. The van der Waals surface area contributed by atoms with Gasteiger partial charge in [-0.15, -0.1) is 0 Å². The lowest BCUT2D eigenvalue weighted by Gasteiger charge is -2.37. The molecule has 0 atom stereocenters. The molecule has 6 heteroatoms. The molecule has 3 rings (SSSR count). The highest BCUT2D eigenvalue weighted by molar-refractivity contribution is 9.10. The molecule has 1 aliphatic rings. The molecule has 0 unspecified atom stereocenters. The summed E-state index contributed by atoms with van der Waals surface area (Å²) in [5.74, 6) is 0.946. The maximum absolute atomic E-state index is 5.66. The second-order valence-electron chi connectivity index (χ2n) is 7.55. The van der Waals surface area contributed by atoms with Crippen molar-refractivity contribution < 1.29 is 4.74 Å². The van der Waals surface area contributed by atoms with Gasteiger partial charge in [-0.05, 0) is 47.3 Å². The van der Waals surface area contributed by atoms with Gasteiger partial charge in [0.15, 0.2) is 5.96 Å². The summed E-state index contributed by atoms with van der Waals surface area (Å²) in [7, 11) is 4.17. The summed E-state index contributed by atoms with van der Waals surface area (Å²) < 4.78 is 8.91. The molecule has 2 heterocycles. The number of hydrogen-bond acceptors (Lipinski definition) is 2. The third-order valence-corrected chi connectivity index (χ3v) is 5.97. The number of hydrogen-bond donors (Lipinski definition) is 1. The Labute approximate surface area is 176 Å². The lowest BCUT2D eigenvalue weighted by atomic mass is 9.74. The number of nitrogens with zero attached hydrogens (tertiary/aromatic N) is 3. The molecular weight excluding hydrogens is 416 g/mol. The molecule has 28 heavy (non-hydrogen) atoms. The standard InChI is InChI=1S/C22H31BrN4O/c1-4-24-21(27(3)16-20-14-19(23)15-26(20)2)25-17-22(10-12-28-13-11-22)18-8-6-5-7-9-18/h5-9,14-15H,4,10-13,16-17H2,1-3H3,(H,24,25). The van der Waals surface area contributed by atoms with Crippen molar-refractivity contribution >= 4 is 21.9 Å². The van der Waals surface area contributed by atoms with Crippen molar-refractivity contribution in [2.24, 2.45) is 12.0 Å². The molecule has 0 amide bonds. The van der Waals surface area contributed by atoms with E-state index in [0.717, 1.165) is 56.1 Å². The Morgan fingerprint density at radius 1 is 1.29 bits per heavy atom. The minimum Gasteiger partial charge on any atom is -0.381 e. The van der Waals surface area contributed by atoms with Gasteiger partial charge in [-0.25, -0.2) is 0 Å². The van der Waals surface area contributed by atoms with E-state index in [0.29, 0.717) is 0 Å². The first-order valence-corrected chi connectivity index (χ1v) is 10.8. The van der Waals surface area contributed by atoms with E-state index < -0.39 is 0 Å². The Kier molecular flexibility index (Phi) is 7.18. The predicted octanol–water partition coefficient (Wildman–Crippen LogP) is 3.93. The van der Waals surface area contributed by atoms with E-state index in [-0.39, 0.29) is 5.41 Å². The van der Waals surface area contributed by atoms with Gasteiger partial charge in [0.25, 0.3) is 0 Å². The number of aromatic nitrogens is 1. The van der Waals surface area contributed by atoms with Crippen molar-refractivity contribution in [2.75, 3.05) is 33.4 Å². The van der Waals surface area contributed by atoms with Crippen LogP contribution in [0.15, 0.2) is 52.1 Å². The summed E-state index contributed by atoms with van der Waals surface area (Å²) in [6, 6.07) is 13.0. The smallest absolute Gasteiger partial charge is 0.194 e. The fourth-order valence-electron chi connectivity index (χ4n) is 3.83. The highest BCUT2D eigenvalue weighted by Gasteiger charge is 2.34. The molecule has 1 aromatic heterocycles. The number of guanidine groups is 1. The molecule has 1 saturated heterocycles. The van der Waals surface area contributed by atoms with Crippen molar-refractivity contribution in [1.29, 1.82) is 0 Å². The molecule has 0 bridgehead atoms. The van der Waals surface area contributed by atoms with Crippen LogP contribution < -0.4 is 5.32 Å². The molecule has 1 aromatic carbocycles. The van der Waals surface area contributed by atoms with Gasteiger partial charge in [-0.3, -0.25) is 4.99 Å². The van der Waals surface area contributed by atoms with E-state index in [4.69, 9.17) is 9.73 Å². The minimum absolute atomic E-state index is 0.0506. The quantitative estimate of drug-likeness (QED) is 0.539. The maximum Gasteiger partial charge on any atom is 0.194 e. The van der Waals surface area contributed by atoms with Gasteiger partial charge in [-0.1, -0.05) is 30.3 Å². The van der Waals surface area contributed by atoms with Crippen LogP contribution in [-0.4, -0.2) is 48.8 Å². The summed E-state index contributed by atoms with van der Waals surface area (Å²) in [6.45, 7) is 6.13. The summed E-state index contributed by atoms with van der Waals surface area (Å²) in [6.07, 6.45) is 4.10. The fourth-order valence-corrected chi connectivity index (χ4v) is 4.40. The van der Waals surface area contributed by atoms with Crippen LogP contribution >= 0.6 is 15.9 Å². The number of nitrogens with one attached hydrogen (secondary N) is 1. The van der Waals surface area contributed by atoms with Gasteiger partial charge in [0.1, 0.15) is 0 Å². The van der Waals surface area contributed by atoms with Gasteiger partial charge >= 0.3 is 0 Å². The van der Waals surface area contributed by atoms with E-state index in [1.54, 1.807) is 0 Å². The zero-order chi connectivity index (χ0) is 20.0. The number of rotatable bonds is 6. The van der Waals surface area contributed by atoms with Crippen molar-refractivity contribution in [2.45, 2.75) is 31.7 Å². The lowest BCUT2D eigenvalue weighted by Crippen LogP contribution is -2.42. The average Bonchev–Trinajstić information content (AvgIpc) is 3.03. The average molecular weight is 447 g/mol. The Hall–Kier alpha value is -1.79. The zero-order valence-corrected chi connectivity index (χ0v) is 18.7. The first kappa shape index (κ1) is 20.9. The molecule has 0 radical (unpaired) electrons. The number of ether oxygens (including phenoxy) is 1. The second-order valence-corrected chi connectivity index (χ2v) is 8.46. The Morgan fingerprint density at radius 3 is 2.61 bits per heavy atom. The highest BCUT2D eigenvalue weighted by Crippen LogP contribution is 2.35. The summed E-state index contributed by atoms with van der Waals surface area (Å²) >= 11 is 3.56. The third kappa shape index (κ3) is 4.97. The number of benzene rings is 1. The Bertz CT molecular complexity index is 781. The number of aryl methyl sites for hydroxylation is 1. The van der Waals surface area contributed by atoms with Crippen LogP contribution in [0, 0.1) is 0 Å². The molecular formula is C22H31BrN4O. The van der Waals surface area contributed by atoms with Crippen LogP contribution in [0.25, 0.3) is 0 Å². The summed E-state index contributed by atoms with van der Waals surface area (Å²) in [5.41, 5.74) is 2.66. The van der Waals surface area contributed by atoms with Crippen molar-refractivity contribution in [3.63, 3.8) is 0 Å².